The monoisotopic (exact) mass is 300 g/mol. The molecule has 0 saturated heterocycles. The molecule has 3 aromatic rings. The first-order valence-electron chi connectivity index (χ1n) is 6.23. The van der Waals surface area contributed by atoms with Gasteiger partial charge in [-0.15, -0.1) is 0 Å². The van der Waals surface area contributed by atoms with Crippen molar-refractivity contribution < 1.29 is 4.92 Å². The van der Waals surface area contributed by atoms with Gasteiger partial charge < -0.3 is 10.7 Å². The summed E-state index contributed by atoms with van der Waals surface area (Å²) in [7, 11) is 0. The Hall–Kier alpha value is -2.54. The number of non-ortho nitro benzene ring substituents is 1. The van der Waals surface area contributed by atoms with E-state index in [-0.39, 0.29) is 5.69 Å². The standard InChI is InChI=1S/C14H12N4O2S/c15-10-3-6-12-13(7-10)17-14(16-12)21-8-9-1-4-11(5-2-9)18(19)20/h1-7H,8,15H2,(H,16,17). The molecule has 1 aromatic heterocycles. The zero-order valence-electron chi connectivity index (χ0n) is 10.9. The van der Waals surface area contributed by atoms with Gasteiger partial charge in [0.15, 0.2) is 5.16 Å². The molecule has 0 aliphatic rings. The van der Waals surface area contributed by atoms with E-state index in [2.05, 4.69) is 9.97 Å². The number of aromatic nitrogens is 2. The van der Waals surface area contributed by atoms with E-state index in [0.29, 0.717) is 11.4 Å². The predicted molar refractivity (Wildman–Crippen MR) is 83.2 cm³/mol. The zero-order valence-corrected chi connectivity index (χ0v) is 11.8. The number of anilines is 1. The number of benzene rings is 2. The molecule has 0 spiro atoms. The molecule has 0 unspecified atom stereocenters. The van der Waals surface area contributed by atoms with Crippen molar-refractivity contribution in [2.24, 2.45) is 0 Å². The number of rotatable bonds is 4. The van der Waals surface area contributed by atoms with Gasteiger partial charge >= 0.3 is 0 Å². The molecule has 7 heteroatoms. The first-order valence-corrected chi connectivity index (χ1v) is 7.22. The lowest BCUT2D eigenvalue weighted by atomic mass is 10.2. The van der Waals surface area contributed by atoms with Gasteiger partial charge in [0.05, 0.1) is 16.0 Å². The van der Waals surface area contributed by atoms with Crippen LogP contribution in [-0.4, -0.2) is 14.9 Å². The molecule has 3 N–H and O–H groups in total. The summed E-state index contributed by atoms with van der Waals surface area (Å²) in [5.74, 6) is 0.688. The van der Waals surface area contributed by atoms with Gasteiger partial charge in [-0.25, -0.2) is 4.98 Å². The molecule has 1 heterocycles. The average Bonchev–Trinajstić information content (AvgIpc) is 2.87. The molecule has 0 atom stereocenters. The van der Waals surface area contributed by atoms with Gasteiger partial charge in [0.1, 0.15) is 0 Å². The summed E-state index contributed by atoms with van der Waals surface area (Å²) in [6.45, 7) is 0. The maximum Gasteiger partial charge on any atom is 0.269 e. The van der Waals surface area contributed by atoms with E-state index in [0.717, 1.165) is 21.8 Å². The number of H-pyrrole nitrogens is 1. The summed E-state index contributed by atoms with van der Waals surface area (Å²) < 4.78 is 0. The Bertz CT molecular complexity index is 798. The van der Waals surface area contributed by atoms with Crippen LogP contribution < -0.4 is 5.73 Å². The van der Waals surface area contributed by atoms with Gasteiger partial charge in [0.25, 0.3) is 5.69 Å². The number of aromatic amines is 1. The van der Waals surface area contributed by atoms with Gasteiger partial charge in [-0.2, -0.15) is 0 Å². The molecule has 0 aliphatic heterocycles. The highest BCUT2D eigenvalue weighted by molar-refractivity contribution is 7.98. The third-order valence-electron chi connectivity index (χ3n) is 3.01. The minimum absolute atomic E-state index is 0.1000. The summed E-state index contributed by atoms with van der Waals surface area (Å²) in [5, 5.41) is 11.4. The highest BCUT2D eigenvalue weighted by Crippen LogP contribution is 2.24. The summed E-state index contributed by atoms with van der Waals surface area (Å²) in [6, 6.07) is 12.1. The quantitative estimate of drug-likeness (QED) is 0.333. The number of thioether (sulfide) groups is 1. The first kappa shape index (κ1) is 13.4. The van der Waals surface area contributed by atoms with Crippen LogP contribution in [0.4, 0.5) is 11.4 Å². The summed E-state index contributed by atoms with van der Waals surface area (Å²) in [6.07, 6.45) is 0. The number of imidazole rings is 1. The molecule has 0 aliphatic carbocycles. The first-order chi connectivity index (χ1) is 10.1. The second-order valence-corrected chi connectivity index (χ2v) is 5.49. The minimum atomic E-state index is -0.402. The van der Waals surface area contributed by atoms with Crippen molar-refractivity contribution in [3.05, 3.63) is 58.1 Å². The molecule has 3 rings (SSSR count). The van der Waals surface area contributed by atoms with Crippen molar-refractivity contribution in [1.29, 1.82) is 0 Å². The van der Waals surface area contributed by atoms with Crippen molar-refractivity contribution in [3.63, 3.8) is 0 Å². The Balaban J connectivity index is 1.72. The number of fused-ring (bicyclic) bond motifs is 1. The third-order valence-corrected chi connectivity index (χ3v) is 3.95. The second-order valence-electron chi connectivity index (χ2n) is 4.53. The predicted octanol–water partition coefficient (Wildman–Crippen LogP) is 3.35. The molecule has 6 nitrogen and oxygen atoms in total. The SMILES string of the molecule is Nc1ccc2nc(SCc3ccc([N+](=O)[O-])cc3)[nH]c2c1. The molecule has 2 aromatic carbocycles. The Morgan fingerprint density at radius 1 is 1.24 bits per heavy atom. The Morgan fingerprint density at radius 2 is 2.00 bits per heavy atom. The lowest BCUT2D eigenvalue weighted by Gasteiger charge is -1.98. The van der Waals surface area contributed by atoms with Crippen LogP contribution >= 0.6 is 11.8 Å². The number of nitro benzene ring substituents is 1. The maximum atomic E-state index is 10.6. The minimum Gasteiger partial charge on any atom is -0.399 e. The van der Waals surface area contributed by atoms with E-state index in [4.69, 9.17) is 5.73 Å². The van der Waals surface area contributed by atoms with Crippen molar-refractivity contribution >= 4 is 34.2 Å². The molecule has 0 amide bonds. The molecule has 0 bridgehead atoms. The van der Waals surface area contributed by atoms with Crippen LogP contribution in [0.2, 0.25) is 0 Å². The van der Waals surface area contributed by atoms with E-state index in [1.54, 1.807) is 23.9 Å². The Morgan fingerprint density at radius 3 is 2.71 bits per heavy atom. The Labute approximate surface area is 124 Å². The van der Waals surface area contributed by atoms with Gasteiger partial charge in [-0.1, -0.05) is 23.9 Å². The largest absolute Gasteiger partial charge is 0.399 e. The number of hydrogen-bond donors (Lipinski definition) is 2. The highest BCUT2D eigenvalue weighted by Gasteiger charge is 2.06. The van der Waals surface area contributed by atoms with Crippen molar-refractivity contribution in [1.82, 2.24) is 9.97 Å². The molecule has 0 saturated carbocycles. The van der Waals surface area contributed by atoms with Crippen molar-refractivity contribution in [2.45, 2.75) is 10.9 Å². The molecular formula is C14H12N4O2S. The van der Waals surface area contributed by atoms with E-state index in [9.17, 15) is 10.1 Å². The molecule has 0 radical (unpaired) electrons. The maximum absolute atomic E-state index is 10.6. The number of nitrogens with two attached hydrogens (primary N) is 1. The topological polar surface area (TPSA) is 97.8 Å². The summed E-state index contributed by atoms with van der Waals surface area (Å²) >= 11 is 1.54. The van der Waals surface area contributed by atoms with Crippen LogP contribution in [0.3, 0.4) is 0 Å². The summed E-state index contributed by atoms with van der Waals surface area (Å²) in [4.78, 5) is 17.8. The van der Waals surface area contributed by atoms with E-state index < -0.39 is 4.92 Å². The number of nitro groups is 1. The number of nitrogens with one attached hydrogen (secondary N) is 1. The molecule has 21 heavy (non-hydrogen) atoms. The van der Waals surface area contributed by atoms with Crippen molar-refractivity contribution in [2.75, 3.05) is 5.73 Å². The van der Waals surface area contributed by atoms with Crippen LogP contribution in [0.1, 0.15) is 5.56 Å². The zero-order chi connectivity index (χ0) is 14.8. The normalized spacial score (nSPS) is 10.9. The van der Waals surface area contributed by atoms with Crippen LogP contribution in [0.15, 0.2) is 47.6 Å². The fourth-order valence-corrected chi connectivity index (χ4v) is 2.78. The van der Waals surface area contributed by atoms with Gasteiger partial charge in [0, 0.05) is 23.6 Å². The summed E-state index contributed by atoms with van der Waals surface area (Å²) in [5.41, 5.74) is 9.30. The van der Waals surface area contributed by atoms with Crippen LogP contribution in [-0.2, 0) is 5.75 Å². The van der Waals surface area contributed by atoms with Crippen LogP contribution in [0, 0.1) is 10.1 Å². The molecular weight excluding hydrogens is 288 g/mol. The number of nitrogen functional groups attached to an aromatic ring is 1. The fraction of sp³-hybridized carbons (Fsp3) is 0.0714. The Kier molecular flexibility index (Phi) is 3.49. The van der Waals surface area contributed by atoms with Gasteiger partial charge in [0.2, 0.25) is 0 Å². The van der Waals surface area contributed by atoms with E-state index in [1.165, 1.54) is 12.1 Å². The lowest BCUT2D eigenvalue weighted by molar-refractivity contribution is -0.384. The van der Waals surface area contributed by atoms with Gasteiger partial charge in [-0.05, 0) is 23.8 Å². The smallest absolute Gasteiger partial charge is 0.269 e. The van der Waals surface area contributed by atoms with Crippen LogP contribution in [0.25, 0.3) is 11.0 Å². The second kappa shape index (κ2) is 5.45. The van der Waals surface area contributed by atoms with E-state index >= 15 is 0 Å². The number of nitrogens with zero attached hydrogens (tertiary/aromatic N) is 2. The third kappa shape index (κ3) is 2.97. The van der Waals surface area contributed by atoms with Crippen LogP contribution in [0.5, 0.6) is 0 Å². The molecule has 0 fully saturated rings. The van der Waals surface area contributed by atoms with E-state index in [1.807, 2.05) is 18.2 Å². The van der Waals surface area contributed by atoms with Gasteiger partial charge in [-0.3, -0.25) is 10.1 Å². The molecule has 106 valence electrons. The average molecular weight is 300 g/mol. The fourth-order valence-electron chi connectivity index (χ4n) is 1.94. The number of hydrogen-bond acceptors (Lipinski definition) is 5. The van der Waals surface area contributed by atoms with Crippen molar-refractivity contribution in [3.8, 4) is 0 Å². The highest BCUT2D eigenvalue weighted by atomic mass is 32.2. The lowest BCUT2D eigenvalue weighted by Crippen LogP contribution is -1.88.